The van der Waals surface area contributed by atoms with E-state index in [9.17, 15) is 14.4 Å². The van der Waals surface area contributed by atoms with Crippen LogP contribution in [0.1, 0.15) is 30.9 Å². The molecule has 1 unspecified atom stereocenters. The van der Waals surface area contributed by atoms with Crippen LogP contribution in [0.3, 0.4) is 0 Å². The topological polar surface area (TPSA) is 82.2 Å². The highest BCUT2D eigenvalue weighted by molar-refractivity contribution is 9.09. The molecule has 0 aliphatic carbocycles. The van der Waals surface area contributed by atoms with Gasteiger partial charge >= 0.3 is 6.09 Å². The Kier molecular flexibility index (Phi) is 10.2. The van der Waals surface area contributed by atoms with E-state index in [0.29, 0.717) is 18.7 Å². The highest BCUT2D eigenvalue weighted by atomic mass is 79.9. The number of benzene rings is 2. The summed E-state index contributed by atoms with van der Waals surface area (Å²) >= 11 is 3.63. The number of para-hydroxylation sites is 1. The van der Waals surface area contributed by atoms with Crippen LogP contribution < -0.4 is 10.2 Å². The Bertz CT molecular complexity index is 1220. The Labute approximate surface area is 238 Å². The maximum atomic E-state index is 13.5. The lowest BCUT2D eigenvalue weighted by Crippen LogP contribution is -2.39. The number of nitrogens with one attached hydrogen (secondary N) is 1. The molecule has 2 aromatic carbocycles. The molecular formula is C30H35BrN4O4. The van der Waals surface area contributed by atoms with E-state index in [1.807, 2.05) is 66.9 Å². The molecule has 39 heavy (non-hydrogen) atoms. The molecule has 2 heterocycles. The molecule has 9 heteroatoms. The summed E-state index contributed by atoms with van der Waals surface area (Å²) in [5, 5.41) is 2.79. The number of carbonyl (C=O) groups excluding carboxylic acids is 3. The van der Waals surface area contributed by atoms with Crippen molar-refractivity contribution in [1.82, 2.24) is 15.1 Å². The molecule has 2 aromatic rings. The largest absolute Gasteiger partial charge is 0.448 e. The first-order chi connectivity index (χ1) is 19.0. The average Bonchev–Trinajstić information content (AvgIpc) is 2.96. The van der Waals surface area contributed by atoms with Crippen LogP contribution in [0.5, 0.6) is 0 Å². The lowest BCUT2D eigenvalue weighted by atomic mass is 10.0. The summed E-state index contributed by atoms with van der Waals surface area (Å²) in [5.41, 5.74) is 3.69. The second-order valence-corrected chi connectivity index (χ2v) is 10.4. The van der Waals surface area contributed by atoms with Crippen molar-refractivity contribution < 1.29 is 19.1 Å². The Morgan fingerprint density at radius 2 is 1.82 bits per heavy atom. The number of halogens is 1. The van der Waals surface area contributed by atoms with Gasteiger partial charge in [-0.3, -0.25) is 9.59 Å². The van der Waals surface area contributed by atoms with E-state index in [0.717, 1.165) is 30.6 Å². The van der Waals surface area contributed by atoms with E-state index >= 15 is 0 Å². The van der Waals surface area contributed by atoms with Gasteiger partial charge < -0.3 is 24.8 Å². The van der Waals surface area contributed by atoms with Gasteiger partial charge in [0.1, 0.15) is 11.6 Å². The summed E-state index contributed by atoms with van der Waals surface area (Å²) in [7, 11) is 0. The third-order valence-corrected chi connectivity index (χ3v) is 7.51. The van der Waals surface area contributed by atoms with E-state index in [1.165, 1.54) is 5.56 Å². The van der Waals surface area contributed by atoms with E-state index < -0.39 is 0 Å². The quantitative estimate of drug-likeness (QED) is 0.247. The van der Waals surface area contributed by atoms with Crippen molar-refractivity contribution in [2.45, 2.75) is 37.7 Å². The predicted molar refractivity (Wildman–Crippen MR) is 155 cm³/mol. The third kappa shape index (κ3) is 7.72. The summed E-state index contributed by atoms with van der Waals surface area (Å²) in [6.07, 6.45) is 7.18. The predicted octanol–water partition coefficient (Wildman–Crippen LogP) is 4.61. The van der Waals surface area contributed by atoms with Crippen molar-refractivity contribution in [1.29, 1.82) is 0 Å². The molecule has 0 aromatic heterocycles. The molecule has 1 N–H and O–H groups in total. The molecule has 0 saturated carbocycles. The van der Waals surface area contributed by atoms with E-state index in [1.54, 1.807) is 9.80 Å². The van der Waals surface area contributed by atoms with Crippen molar-refractivity contribution in [3.8, 4) is 0 Å². The first kappa shape index (κ1) is 28.4. The number of ether oxygens (including phenoxy) is 1. The number of alkyl halides is 1. The molecule has 2 aliphatic rings. The summed E-state index contributed by atoms with van der Waals surface area (Å²) in [5.74, 6) is -0.379. The Hall–Kier alpha value is -3.59. The fourth-order valence-corrected chi connectivity index (χ4v) is 5.27. The third-order valence-electron chi connectivity index (χ3n) is 6.72. The number of anilines is 1. The zero-order valence-corrected chi connectivity index (χ0v) is 23.8. The zero-order valence-electron chi connectivity index (χ0n) is 22.2. The summed E-state index contributed by atoms with van der Waals surface area (Å²) in [4.78, 5) is 43.9. The minimum atomic E-state index is -0.379. The van der Waals surface area contributed by atoms with Crippen LogP contribution in [0, 0.1) is 0 Å². The maximum Gasteiger partial charge on any atom is 0.410 e. The standard InChI is InChI=1S/C30H35BrN4O4/c1-2-16-33-17-13-24(21-27(33)31)29(37)35(26-10-4-3-5-11-26)19-14-28(36)32-15-20-39-30(38)34-18-12-23-8-6-7-9-25(23)22-34/h3-11,13,17,21,27H,2,12,14-16,18-20,22H2,1H3,(H,32,36). The van der Waals surface area contributed by atoms with Crippen molar-refractivity contribution in [3.63, 3.8) is 0 Å². The number of hydrogen-bond donors (Lipinski definition) is 1. The molecule has 206 valence electrons. The van der Waals surface area contributed by atoms with Gasteiger partial charge in [-0.1, -0.05) is 65.3 Å². The lowest BCUT2D eigenvalue weighted by Gasteiger charge is -2.29. The van der Waals surface area contributed by atoms with Crippen molar-refractivity contribution in [2.24, 2.45) is 0 Å². The van der Waals surface area contributed by atoms with Crippen LogP contribution in [-0.4, -0.2) is 65.4 Å². The van der Waals surface area contributed by atoms with Crippen LogP contribution in [0.25, 0.3) is 0 Å². The monoisotopic (exact) mass is 594 g/mol. The van der Waals surface area contributed by atoms with E-state index in [2.05, 4.69) is 39.1 Å². The highest BCUT2D eigenvalue weighted by Gasteiger charge is 2.24. The Morgan fingerprint density at radius 3 is 2.56 bits per heavy atom. The van der Waals surface area contributed by atoms with Crippen LogP contribution in [0.4, 0.5) is 10.5 Å². The van der Waals surface area contributed by atoms with Gasteiger partial charge in [-0.2, -0.15) is 0 Å². The van der Waals surface area contributed by atoms with E-state index in [-0.39, 0.29) is 49.0 Å². The van der Waals surface area contributed by atoms with E-state index in [4.69, 9.17) is 4.74 Å². The molecule has 2 aliphatic heterocycles. The molecule has 4 rings (SSSR count). The van der Waals surface area contributed by atoms with Gasteiger partial charge in [-0.15, -0.1) is 0 Å². The first-order valence-electron chi connectivity index (χ1n) is 13.4. The number of nitrogens with zero attached hydrogens (tertiary/aromatic N) is 3. The second kappa shape index (κ2) is 14.0. The summed E-state index contributed by atoms with van der Waals surface area (Å²) < 4.78 is 5.38. The Morgan fingerprint density at radius 1 is 1.08 bits per heavy atom. The molecule has 0 radical (unpaired) electrons. The van der Waals surface area contributed by atoms with Gasteiger partial charge in [0.05, 0.1) is 6.54 Å². The fourth-order valence-electron chi connectivity index (χ4n) is 4.64. The molecule has 0 saturated heterocycles. The number of amides is 3. The van der Waals surface area contributed by atoms with Crippen molar-refractivity contribution in [2.75, 3.05) is 37.7 Å². The van der Waals surface area contributed by atoms with Crippen molar-refractivity contribution >= 4 is 39.5 Å². The Balaban J connectivity index is 1.25. The molecular weight excluding hydrogens is 560 g/mol. The van der Waals surface area contributed by atoms with Crippen molar-refractivity contribution in [3.05, 3.63) is 89.6 Å². The van der Waals surface area contributed by atoms with Gasteiger partial charge in [-0.25, -0.2) is 4.79 Å². The van der Waals surface area contributed by atoms with Crippen LogP contribution >= 0.6 is 15.9 Å². The first-order valence-corrected chi connectivity index (χ1v) is 14.3. The van der Waals surface area contributed by atoms with Gasteiger partial charge in [0.15, 0.2) is 0 Å². The molecule has 0 fully saturated rings. The SMILES string of the molecule is CCCN1C=CC(C(=O)N(CCC(=O)NCCOC(=O)N2CCc3ccccc3C2)c2ccccc2)=CC1Br. The molecule has 1 atom stereocenters. The van der Waals surface area contributed by atoms with Gasteiger partial charge in [0.25, 0.3) is 5.91 Å². The minimum absolute atomic E-state index is 0.0651. The zero-order chi connectivity index (χ0) is 27.6. The van der Waals surface area contributed by atoms with Gasteiger partial charge in [0, 0.05) is 50.1 Å². The molecule has 0 bridgehead atoms. The molecule has 3 amide bonds. The van der Waals surface area contributed by atoms with Gasteiger partial charge in [0.2, 0.25) is 5.91 Å². The average molecular weight is 596 g/mol. The summed E-state index contributed by atoms with van der Waals surface area (Å²) in [6.45, 7) is 4.65. The number of fused-ring (bicyclic) bond motifs is 1. The number of hydrogen-bond acceptors (Lipinski definition) is 5. The van der Waals surface area contributed by atoms with Gasteiger partial charge in [-0.05, 0) is 48.3 Å². The second-order valence-electron chi connectivity index (χ2n) is 9.50. The fraction of sp³-hybridized carbons (Fsp3) is 0.367. The van der Waals surface area contributed by atoms with Crippen LogP contribution in [-0.2, 0) is 27.3 Å². The van der Waals surface area contributed by atoms with Crippen LogP contribution in [0.15, 0.2) is 78.5 Å². The summed E-state index contributed by atoms with van der Waals surface area (Å²) in [6, 6.07) is 17.4. The molecule has 8 nitrogen and oxygen atoms in total. The highest BCUT2D eigenvalue weighted by Crippen LogP contribution is 2.23. The molecule has 0 spiro atoms. The normalized spacial score (nSPS) is 16.3. The lowest BCUT2D eigenvalue weighted by molar-refractivity contribution is -0.121. The number of carbonyl (C=O) groups is 3. The number of rotatable bonds is 10. The minimum Gasteiger partial charge on any atom is -0.448 e. The smallest absolute Gasteiger partial charge is 0.410 e. The van der Waals surface area contributed by atoms with Crippen LogP contribution in [0.2, 0.25) is 0 Å². The maximum absolute atomic E-state index is 13.5.